The first-order valence-corrected chi connectivity index (χ1v) is 10.6. The summed E-state index contributed by atoms with van der Waals surface area (Å²) in [5.74, 6) is -3.87. The van der Waals surface area contributed by atoms with Crippen LogP contribution in [0.3, 0.4) is 0 Å². The van der Waals surface area contributed by atoms with E-state index in [2.05, 4.69) is 10.3 Å². The van der Waals surface area contributed by atoms with Crippen LogP contribution in [0.15, 0.2) is 47.6 Å². The second kappa shape index (κ2) is 10.1. The van der Waals surface area contributed by atoms with E-state index in [1.165, 1.54) is 6.20 Å². The average molecular weight is 424 g/mol. The molecule has 2 heterocycles. The third kappa shape index (κ3) is 6.21. The second-order valence-corrected chi connectivity index (χ2v) is 7.95. The van der Waals surface area contributed by atoms with Gasteiger partial charge in [0.25, 0.3) is 11.8 Å². The van der Waals surface area contributed by atoms with Crippen molar-refractivity contribution in [2.45, 2.75) is 42.7 Å². The second-order valence-electron chi connectivity index (χ2n) is 6.86. The molecule has 0 aliphatic carbocycles. The van der Waals surface area contributed by atoms with Crippen LogP contribution < -0.4 is 5.32 Å². The van der Waals surface area contributed by atoms with Gasteiger partial charge < -0.3 is 10.1 Å². The summed E-state index contributed by atoms with van der Waals surface area (Å²) in [5.41, 5.74) is 0.129. The lowest BCUT2D eigenvalue weighted by molar-refractivity contribution is -0.00707. The van der Waals surface area contributed by atoms with Gasteiger partial charge in [-0.05, 0) is 43.5 Å². The number of amides is 1. The molecule has 4 nitrogen and oxygen atoms in total. The smallest absolute Gasteiger partial charge is 0.274 e. The standard InChI is InChI=1S/C21H23F3N2O2S/c22-16-8-6-15(7-9-16)21(23,24)10-13-29-20-18(5-3-11-25-20)19(27)26-14-17-4-1-2-12-28-17/h3,5-9,11,17H,1-2,4,10,12-14H2,(H,26,27). The van der Waals surface area contributed by atoms with Crippen molar-refractivity contribution in [1.29, 1.82) is 0 Å². The first kappa shape index (κ1) is 21.6. The molecule has 0 bridgehead atoms. The Morgan fingerprint density at radius 3 is 2.76 bits per heavy atom. The zero-order valence-corrected chi connectivity index (χ0v) is 16.7. The maximum Gasteiger partial charge on any atom is 0.274 e. The van der Waals surface area contributed by atoms with Gasteiger partial charge in [-0.3, -0.25) is 4.79 Å². The highest BCUT2D eigenvalue weighted by Gasteiger charge is 2.31. The third-order valence-corrected chi connectivity index (χ3v) is 5.71. The number of thioether (sulfide) groups is 1. The van der Waals surface area contributed by atoms with Crippen LogP contribution in [0.4, 0.5) is 13.2 Å². The van der Waals surface area contributed by atoms with E-state index in [0.29, 0.717) is 23.7 Å². The van der Waals surface area contributed by atoms with E-state index in [0.717, 1.165) is 55.3 Å². The molecule has 29 heavy (non-hydrogen) atoms. The van der Waals surface area contributed by atoms with Crippen molar-refractivity contribution in [3.8, 4) is 0 Å². The molecule has 1 N–H and O–H groups in total. The Hall–Kier alpha value is -2.06. The van der Waals surface area contributed by atoms with Crippen LogP contribution in [-0.4, -0.2) is 35.9 Å². The SMILES string of the molecule is O=C(NCC1CCCCO1)c1cccnc1SCCC(F)(F)c1ccc(F)cc1. The molecule has 8 heteroatoms. The quantitative estimate of drug-likeness (QED) is 0.619. The fourth-order valence-electron chi connectivity index (χ4n) is 3.06. The van der Waals surface area contributed by atoms with E-state index in [1.807, 2.05) is 0 Å². The number of pyridine rings is 1. The van der Waals surface area contributed by atoms with Crippen LogP contribution in [0.5, 0.6) is 0 Å². The van der Waals surface area contributed by atoms with E-state index in [9.17, 15) is 18.0 Å². The van der Waals surface area contributed by atoms with Crippen molar-refractivity contribution >= 4 is 17.7 Å². The van der Waals surface area contributed by atoms with Crippen LogP contribution in [0.25, 0.3) is 0 Å². The Balaban J connectivity index is 1.55. The van der Waals surface area contributed by atoms with Gasteiger partial charge in [0, 0.05) is 37.1 Å². The van der Waals surface area contributed by atoms with Gasteiger partial charge in [0.1, 0.15) is 10.8 Å². The van der Waals surface area contributed by atoms with Crippen LogP contribution in [0.1, 0.15) is 41.6 Å². The Bertz CT molecular complexity index is 812. The molecule has 2 aromatic rings. The normalized spacial score (nSPS) is 17.1. The van der Waals surface area contributed by atoms with Crippen molar-refractivity contribution < 1.29 is 22.7 Å². The first-order chi connectivity index (χ1) is 14.0. The fourth-order valence-corrected chi connectivity index (χ4v) is 4.07. The molecule has 3 rings (SSSR count). The lowest BCUT2D eigenvalue weighted by Gasteiger charge is -2.22. The average Bonchev–Trinajstić information content (AvgIpc) is 2.73. The summed E-state index contributed by atoms with van der Waals surface area (Å²) in [5, 5.41) is 3.25. The summed E-state index contributed by atoms with van der Waals surface area (Å²) in [4.78, 5) is 16.7. The zero-order chi connectivity index (χ0) is 20.7. The maximum atomic E-state index is 14.3. The van der Waals surface area contributed by atoms with E-state index >= 15 is 0 Å². The van der Waals surface area contributed by atoms with Crippen molar-refractivity contribution in [2.75, 3.05) is 18.9 Å². The molecule has 0 spiro atoms. The predicted octanol–water partition coefficient (Wildman–Crippen LogP) is 4.79. The molecule has 0 saturated carbocycles. The van der Waals surface area contributed by atoms with Crippen molar-refractivity contribution in [2.24, 2.45) is 0 Å². The van der Waals surface area contributed by atoms with Crippen molar-refractivity contribution in [3.05, 3.63) is 59.5 Å². The number of carbonyl (C=O) groups is 1. The molecule has 1 fully saturated rings. The number of nitrogens with one attached hydrogen (secondary N) is 1. The number of rotatable bonds is 8. The van der Waals surface area contributed by atoms with Gasteiger partial charge in [0.15, 0.2) is 0 Å². The Morgan fingerprint density at radius 1 is 1.24 bits per heavy atom. The maximum absolute atomic E-state index is 14.3. The van der Waals surface area contributed by atoms with Gasteiger partial charge in [0.05, 0.1) is 11.7 Å². The summed E-state index contributed by atoms with van der Waals surface area (Å²) < 4.78 is 47.2. The summed E-state index contributed by atoms with van der Waals surface area (Å²) in [6, 6.07) is 7.49. The van der Waals surface area contributed by atoms with Gasteiger partial charge in [0.2, 0.25) is 0 Å². The highest BCUT2D eigenvalue weighted by atomic mass is 32.2. The van der Waals surface area contributed by atoms with Gasteiger partial charge in [-0.1, -0.05) is 12.1 Å². The molecule has 1 amide bonds. The summed E-state index contributed by atoms with van der Waals surface area (Å²) >= 11 is 1.10. The molecule has 0 radical (unpaired) electrons. The van der Waals surface area contributed by atoms with Crippen LogP contribution >= 0.6 is 11.8 Å². The van der Waals surface area contributed by atoms with E-state index in [4.69, 9.17) is 4.74 Å². The van der Waals surface area contributed by atoms with Gasteiger partial charge in [-0.2, -0.15) is 0 Å². The number of benzene rings is 1. The molecule has 1 aliphatic rings. The molecule has 1 saturated heterocycles. The fraction of sp³-hybridized carbons (Fsp3) is 0.429. The molecule has 1 aromatic carbocycles. The highest BCUT2D eigenvalue weighted by Crippen LogP contribution is 2.34. The lowest BCUT2D eigenvalue weighted by atomic mass is 10.1. The van der Waals surface area contributed by atoms with E-state index < -0.39 is 18.2 Å². The van der Waals surface area contributed by atoms with Gasteiger partial charge in [-0.25, -0.2) is 18.2 Å². The van der Waals surface area contributed by atoms with Crippen LogP contribution in [-0.2, 0) is 10.7 Å². The Kier molecular flexibility index (Phi) is 7.55. The van der Waals surface area contributed by atoms with Gasteiger partial charge in [-0.15, -0.1) is 11.8 Å². The summed E-state index contributed by atoms with van der Waals surface area (Å²) in [7, 11) is 0. The molecular formula is C21H23F3N2O2S. The highest BCUT2D eigenvalue weighted by molar-refractivity contribution is 7.99. The minimum Gasteiger partial charge on any atom is -0.376 e. The van der Waals surface area contributed by atoms with Gasteiger partial charge >= 0.3 is 0 Å². The molecule has 1 aliphatic heterocycles. The summed E-state index contributed by atoms with van der Waals surface area (Å²) in [6.45, 7) is 1.12. The van der Waals surface area contributed by atoms with Crippen LogP contribution in [0, 0.1) is 5.82 Å². The number of aromatic nitrogens is 1. The number of alkyl halides is 2. The zero-order valence-electron chi connectivity index (χ0n) is 15.9. The van der Waals surface area contributed by atoms with Crippen molar-refractivity contribution in [1.82, 2.24) is 10.3 Å². The Labute approximate surface area is 172 Å². The third-order valence-electron chi connectivity index (χ3n) is 4.70. The molecule has 156 valence electrons. The number of nitrogens with zero attached hydrogens (tertiary/aromatic N) is 1. The topological polar surface area (TPSA) is 51.2 Å². The molecule has 1 unspecified atom stereocenters. The number of carbonyl (C=O) groups excluding carboxylic acids is 1. The largest absolute Gasteiger partial charge is 0.376 e. The number of halogens is 3. The predicted molar refractivity (Wildman–Crippen MR) is 106 cm³/mol. The monoisotopic (exact) mass is 424 g/mol. The Morgan fingerprint density at radius 2 is 2.03 bits per heavy atom. The lowest BCUT2D eigenvalue weighted by Crippen LogP contribution is -2.35. The minimum absolute atomic E-state index is 0.00914. The molecule has 1 aromatic heterocycles. The molecular weight excluding hydrogens is 401 g/mol. The van der Waals surface area contributed by atoms with E-state index in [-0.39, 0.29) is 23.3 Å². The number of hydrogen-bond donors (Lipinski definition) is 1. The first-order valence-electron chi connectivity index (χ1n) is 9.57. The van der Waals surface area contributed by atoms with Crippen LogP contribution in [0.2, 0.25) is 0 Å². The minimum atomic E-state index is -3.09. The molecule has 1 atom stereocenters. The summed E-state index contributed by atoms with van der Waals surface area (Å²) in [6.07, 6.45) is 4.12. The number of hydrogen-bond acceptors (Lipinski definition) is 4. The van der Waals surface area contributed by atoms with E-state index in [1.54, 1.807) is 12.1 Å². The van der Waals surface area contributed by atoms with Crippen molar-refractivity contribution in [3.63, 3.8) is 0 Å². The number of ether oxygens (including phenoxy) is 1.